The first-order chi connectivity index (χ1) is 10.6. The van der Waals surface area contributed by atoms with E-state index in [0.717, 1.165) is 36.4 Å². The molecule has 1 unspecified atom stereocenters. The fraction of sp³-hybridized carbons (Fsp3) is 0.562. The van der Waals surface area contributed by atoms with Crippen LogP contribution in [0, 0.1) is 5.92 Å². The van der Waals surface area contributed by atoms with Crippen molar-refractivity contribution in [3.8, 4) is 0 Å². The summed E-state index contributed by atoms with van der Waals surface area (Å²) in [5.74, 6) is 1.60. The quantitative estimate of drug-likeness (QED) is 0.938. The number of amides is 1. The summed E-state index contributed by atoms with van der Waals surface area (Å²) in [4.78, 5) is 28.1. The number of H-pyrrole nitrogens is 1. The van der Waals surface area contributed by atoms with Gasteiger partial charge in [0.15, 0.2) is 0 Å². The predicted molar refractivity (Wildman–Crippen MR) is 86.7 cm³/mol. The Labute approximate surface area is 130 Å². The van der Waals surface area contributed by atoms with Crippen LogP contribution in [0.1, 0.15) is 26.7 Å². The summed E-state index contributed by atoms with van der Waals surface area (Å²) in [6.07, 6.45) is 5.08. The summed E-state index contributed by atoms with van der Waals surface area (Å²) in [5.41, 5.74) is 0.850. The smallest absolute Gasteiger partial charge is 0.222 e. The standard InChI is InChI=1S/C16H23N5O/c1-11(2)8-14(22)21-7-5-12(9-21)20(3)16-13-4-6-17-15(13)18-10-19-16/h4,6,10-12H,5,7-9H2,1-3H3,(H,17,18,19). The third kappa shape index (κ3) is 2.77. The van der Waals surface area contributed by atoms with Crippen molar-refractivity contribution in [1.29, 1.82) is 0 Å². The molecule has 6 heteroatoms. The van der Waals surface area contributed by atoms with Crippen LogP contribution in [0.15, 0.2) is 18.6 Å². The Morgan fingerprint density at radius 1 is 1.50 bits per heavy atom. The van der Waals surface area contributed by atoms with E-state index in [4.69, 9.17) is 0 Å². The number of likely N-dealkylation sites (tertiary alicyclic amines) is 1. The van der Waals surface area contributed by atoms with Gasteiger partial charge in [-0.15, -0.1) is 0 Å². The Morgan fingerprint density at radius 3 is 3.09 bits per heavy atom. The number of hydrogen-bond acceptors (Lipinski definition) is 4. The van der Waals surface area contributed by atoms with E-state index in [-0.39, 0.29) is 5.91 Å². The minimum Gasteiger partial charge on any atom is -0.354 e. The number of anilines is 1. The van der Waals surface area contributed by atoms with Gasteiger partial charge in [-0.3, -0.25) is 4.79 Å². The van der Waals surface area contributed by atoms with Gasteiger partial charge in [0.25, 0.3) is 0 Å². The highest BCUT2D eigenvalue weighted by atomic mass is 16.2. The van der Waals surface area contributed by atoms with Crippen LogP contribution in [0.2, 0.25) is 0 Å². The maximum atomic E-state index is 12.2. The monoisotopic (exact) mass is 301 g/mol. The van der Waals surface area contributed by atoms with Crippen LogP contribution in [0.5, 0.6) is 0 Å². The van der Waals surface area contributed by atoms with Crippen LogP contribution in [0.25, 0.3) is 11.0 Å². The second-order valence-electron chi connectivity index (χ2n) is 6.43. The van der Waals surface area contributed by atoms with Gasteiger partial charge in [0, 0.05) is 38.8 Å². The number of aromatic amines is 1. The number of likely N-dealkylation sites (N-methyl/N-ethyl adjacent to an activating group) is 1. The van der Waals surface area contributed by atoms with Gasteiger partial charge in [0.2, 0.25) is 5.91 Å². The molecular weight excluding hydrogens is 278 g/mol. The highest BCUT2D eigenvalue weighted by Crippen LogP contribution is 2.26. The van der Waals surface area contributed by atoms with Gasteiger partial charge in [-0.2, -0.15) is 0 Å². The lowest BCUT2D eigenvalue weighted by Gasteiger charge is -2.26. The first-order valence-corrected chi connectivity index (χ1v) is 7.85. The molecule has 1 fully saturated rings. The SMILES string of the molecule is CC(C)CC(=O)N1CCC(N(C)c2ncnc3[nH]ccc23)C1. The van der Waals surface area contributed by atoms with Crippen molar-refractivity contribution in [2.24, 2.45) is 5.92 Å². The number of rotatable bonds is 4. The van der Waals surface area contributed by atoms with Gasteiger partial charge in [-0.25, -0.2) is 9.97 Å². The van der Waals surface area contributed by atoms with Gasteiger partial charge in [-0.05, 0) is 18.4 Å². The highest BCUT2D eigenvalue weighted by molar-refractivity contribution is 5.87. The van der Waals surface area contributed by atoms with Crippen LogP contribution in [0.3, 0.4) is 0 Å². The van der Waals surface area contributed by atoms with Gasteiger partial charge < -0.3 is 14.8 Å². The van der Waals surface area contributed by atoms with E-state index in [1.165, 1.54) is 0 Å². The Morgan fingerprint density at radius 2 is 2.32 bits per heavy atom. The van der Waals surface area contributed by atoms with Crippen molar-refractivity contribution in [3.05, 3.63) is 18.6 Å². The minimum absolute atomic E-state index is 0.264. The lowest BCUT2D eigenvalue weighted by atomic mass is 10.1. The van der Waals surface area contributed by atoms with Crippen LogP contribution in [-0.4, -0.2) is 51.9 Å². The number of carbonyl (C=O) groups excluding carboxylic acids is 1. The molecule has 3 rings (SSSR count). The molecule has 1 N–H and O–H groups in total. The van der Waals surface area contributed by atoms with Crippen molar-refractivity contribution >= 4 is 22.8 Å². The van der Waals surface area contributed by atoms with E-state index in [2.05, 4.69) is 40.7 Å². The van der Waals surface area contributed by atoms with Crippen LogP contribution in [0.4, 0.5) is 5.82 Å². The third-order valence-corrected chi connectivity index (χ3v) is 4.31. The highest BCUT2D eigenvalue weighted by Gasteiger charge is 2.30. The fourth-order valence-electron chi connectivity index (χ4n) is 3.08. The second kappa shape index (κ2) is 5.94. The van der Waals surface area contributed by atoms with Crippen LogP contribution in [-0.2, 0) is 4.79 Å². The largest absolute Gasteiger partial charge is 0.354 e. The molecule has 0 radical (unpaired) electrons. The molecule has 0 bridgehead atoms. The Bertz CT molecular complexity index is 665. The maximum Gasteiger partial charge on any atom is 0.222 e. The number of hydrogen-bond donors (Lipinski definition) is 1. The average Bonchev–Trinajstić information content (AvgIpc) is 3.14. The third-order valence-electron chi connectivity index (χ3n) is 4.31. The second-order valence-corrected chi connectivity index (χ2v) is 6.43. The Balaban J connectivity index is 1.73. The molecule has 2 aromatic heterocycles. The molecule has 1 atom stereocenters. The summed E-state index contributed by atoms with van der Waals surface area (Å²) in [6, 6.07) is 2.31. The molecular formula is C16H23N5O. The van der Waals surface area contributed by atoms with Gasteiger partial charge >= 0.3 is 0 Å². The van der Waals surface area contributed by atoms with E-state index in [9.17, 15) is 4.79 Å². The lowest BCUT2D eigenvalue weighted by molar-refractivity contribution is -0.130. The summed E-state index contributed by atoms with van der Waals surface area (Å²) < 4.78 is 0. The van der Waals surface area contributed by atoms with Crippen molar-refractivity contribution in [1.82, 2.24) is 19.9 Å². The predicted octanol–water partition coefficient (Wildman–Crippen LogP) is 2.04. The normalized spacial score (nSPS) is 18.4. The molecule has 1 saturated heterocycles. The molecule has 1 aliphatic heterocycles. The lowest BCUT2D eigenvalue weighted by Crippen LogP contribution is -2.37. The topological polar surface area (TPSA) is 65.1 Å². The zero-order valence-corrected chi connectivity index (χ0v) is 13.4. The van der Waals surface area contributed by atoms with Gasteiger partial charge in [0.1, 0.15) is 17.8 Å². The number of fused-ring (bicyclic) bond motifs is 1. The Hall–Kier alpha value is -2.11. The number of nitrogens with one attached hydrogen (secondary N) is 1. The molecule has 3 heterocycles. The molecule has 0 spiro atoms. The number of aromatic nitrogens is 3. The zero-order valence-electron chi connectivity index (χ0n) is 13.4. The van der Waals surface area contributed by atoms with Crippen molar-refractivity contribution in [2.45, 2.75) is 32.7 Å². The Kier molecular flexibility index (Phi) is 4.00. The van der Waals surface area contributed by atoms with Crippen molar-refractivity contribution in [2.75, 3.05) is 25.0 Å². The minimum atomic E-state index is 0.264. The fourth-order valence-corrected chi connectivity index (χ4v) is 3.08. The summed E-state index contributed by atoms with van der Waals surface area (Å²) in [5, 5.41) is 1.02. The van der Waals surface area contributed by atoms with E-state index in [0.29, 0.717) is 18.4 Å². The molecule has 1 aliphatic rings. The van der Waals surface area contributed by atoms with E-state index in [1.807, 2.05) is 17.2 Å². The molecule has 0 aliphatic carbocycles. The maximum absolute atomic E-state index is 12.2. The summed E-state index contributed by atoms with van der Waals surface area (Å²) in [7, 11) is 2.05. The first kappa shape index (κ1) is 14.8. The molecule has 1 amide bonds. The van der Waals surface area contributed by atoms with Crippen LogP contribution < -0.4 is 4.90 Å². The van der Waals surface area contributed by atoms with Crippen molar-refractivity contribution < 1.29 is 4.79 Å². The molecule has 2 aromatic rings. The van der Waals surface area contributed by atoms with E-state index >= 15 is 0 Å². The first-order valence-electron chi connectivity index (χ1n) is 7.85. The zero-order chi connectivity index (χ0) is 15.7. The number of carbonyl (C=O) groups is 1. The molecule has 0 saturated carbocycles. The summed E-state index contributed by atoms with van der Waals surface area (Å²) in [6.45, 7) is 5.78. The average molecular weight is 301 g/mol. The van der Waals surface area contributed by atoms with Crippen molar-refractivity contribution in [3.63, 3.8) is 0 Å². The summed E-state index contributed by atoms with van der Waals surface area (Å²) >= 11 is 0. The van der Waals surface area contributed by atoms with Gasteiger partial charge in [-0.1, -0.05) is 13.8 Å². The number of nitrogens with zero attached hydrogens (tertiary/aromatic N) is 4. The van der Waals surface area contributed by atoms with Gasteiger partial charge in [0.05, 0.1) is 5.39 Å². The molecule has 118 valence electrons. The molecule has 6 nitrogen and oxygen atoms in total. The van der Waals surface area contributed by atoms with Crippen LogP contribution >= 0.6 is 0 Å². The molecule has 22 heavy (non-hydrogen) atoms. The van der Waals surface area contributed by atoms with E-state index in [1.54, 1.807) is 6.33 Å². The molecule has 0 aromatic carbocycles. The van der Waals surface area contributed by atoms with E-state index < -0.39 is 0 Å².